The monoisotopic (exact) mass is 280 g/mol. The van der Waals surface area contributed by atoms with Gasteiger partial charge in [-0.3, -0.25) is 4.79 Å². The van der Waals surface area contributed by atoms with Crippen LogP contribution in [0.15, 0.2) is 12.7 Å². The van der Waals surface area contributed by atoms with Crippen molar-refractivity contribution in [2.75, 3.05) is 0 Å². The third kappa shape index (κ3) is 9.56. The average molecular weight is 280 g/mol. The first-order valence-corrected chi connectivity index (χ1v) is 6.68. The third-order valence-electron chi connectivity index (χ3n) is 3.12. The normalized spacial score (nSPS) is 14.7. The topological polar surface area (TPSA) is 26.3 Å². The Kier molecular flexibility index (Phi) is 9.35. The molecule has 19 heavy (non-hydrogen) atoms. The molecule has 0 aromatic rings. The summed E-state index contributed by atoms with van der Waals surface area (Å²) in [5.74, 6) is -1.26. The van der Waals surface area contributed by atoms with E-state index in [1.165, 1.54) is 6.08 Å². The number of allylic oxidation sites excluding steroid dienone is 1. The number of halogens is 3. The Labute approximate surface area is 113 Å². The molecule has 0 aromatic carbocycles. The van der Waals surface area contributed by atoms with Crippen molar-refractivity contribution in [3.05, 3.63) is 12.7 Å². The Hall–Kier alpha value is -1.00. The maximum absolute atomic E-state index is 12.6. The highest BCUT2D eigenvalue weighted by atomic mass is 19.4. The summed E-state index contributed by atoms with van der Waals surface area (Å²) in [6.45, 7) is 5.59. The van der Waals surface area contributed by atoms with Gasteiger partial charge in [-0.2, -0.15) is 13.2 Å². The van der Waals surface area contributed by atoms with Crippen molar-refractivity contribution >= 4 is 6.47 Å². The second kappa shape index (κ2) is 9.87. The van der Waals surface area contributed by atoms with Gasteiger partial charge in [-0.25, -0.2) is 0 Å². The predicted molar refractivity (Wildman–Crippen MR) is 68.7 cm³/mol. The summed E-state index contributed by atoms with van der Waals surface area (Å²) in [5.41, 5.74) is 0. The molecule has 0 N–H and O–H groups in total. The van der Waals surface area contributed by atoms with E-state index in [0.717, 1.165) is 25.7 Å². The summed E-state index contributed by atoms with van der Waals surface area (Å²) in [4.78, 5) is 10.0. The molecule has 0 radical (unpaired) electrons. The van der Waals surface area contributed by atoms with Crippen LogP contribution in [-0.2, 0) is 9.53 Å². The minimum Gasteiger partial charge on any atom is -0.465 e. The number of alkyl halides is 3. The van der Waals surface area contributed by atoms with Crippen LogP contribution in [-0.4, -0.2) is 18.8 Å². The van der Waals surface area contributed by atoms with Crippen molar-refractivity contribution in [3.63, 3.8) is 0 Å². The first kappa shape index (κ1) is 18.0. The van der Waals surface area contributed by atoms with Gasteiger partial charge in [-0.05, 0) is 32.6 Å². The molecule has 0 saturated carbocycles. The third-order valence-corrected chi connectivity index (χ3v) is 3.12. The molecule has 2 nitrogen and oxygen atoms in total. The van der Waals surface area contributed by atoms with E-state index >= 15 is 0 Å². The first-order chi connectivity index (χ1) is 8.91. The molecule has 0 saturated heterocycles. The lowest BCUT2D eigenvalue weighted by Crippen LogP contribution is -2.22. The van der Waals surface area contributed by atoms with Gasteiger partial charge >= 0.3 is 6.18 Å². The summed E-state index contributed by atoms with van der Waals surface area (Å²) in [6.07, 6.45) is 1.09. The Morgan fingerprint density at radius 2 is 1.74 bits per heavy atom. The number of hydrogen-bond donors (Lipinski definition) is 0. The molecular formula is C14H23F3O2. The molecule has 0 rings (SSSR count). The van der Waals surface area contributed by atoms with E-state index in [1.807, 2.05) is 0 Å². The van der Waals surface area contributed by atoms with E-state index in [1.54, 1.807) is 6.92 Å². The summed E-state index contributed by atoms with van der Waals surface area (Å²) in [7, 11) is 0. The van der Waals surface area contributed by atoms with Crippen LogP contribution in [0.1, 0.15) is 51.9 Å². The summed E-state index contributed by atoms with van der Waals surface area (Å²) >= 11 is 0. The van der Waals surface area contributed by atoms with Gasteiger partial charge in [0.25, 0.3) is 6.47 Å². The summed E-state index contributed by atoms with van der Waals surface area (Å²) in [5, 5.41) is 0. The predicted octanol–water partition coefficient (Wildman–Crippen LogP) is 4.64. The van der Waals surface area contributed by atoms with E-state index < -0.39 is 12.1 Å². The van der Waals surface area contributed by atoms with Gasteiger partial charge < -0.3 is 4.74 Å². The van der Waals surface area contributed by atoms with E-state index in [0.29, 0.717) is 12.9 Å². The van der Waals surface area contributed by atoms with Gasteiger partial charge in [-0.1, -0.05) is 25.3 Å². The number of carbonyl (C=O) groups excluding carboxylic acids is 1. The standard InChI is InChI=1S/C14H23F3O2/c1-3-8-13(14(15,16)17)10-7-5-4-6-9-12(2)19-11-18/h3,11-13H,1,4-10H2,2H3/t12-,13?/m1/s1. The van der Waals surface area contributed by atoms with Gasteiger partial charge in [0, 0.05) is 0 Å². The van der Waals surface area contributed by atoms with Crippen LogP contribution >= 0.6 is 0 Å². The number of rotatable bonds is 11. The van der Waals surface area contributed by atoms with E-state index in [9.17, 15) is 18.0 Å². The molecular weight excluding hydrogens is 257 g/mol. The highest BCUT2D eigenvalue weighted by Gasteiger charge is 2.37. The molecule has 0 aliphatic heterocycles. The largest absolute Gasteiger partial charge is 0.465 e. The van der Waals surface area contributed by atoms with Gasteiger partial charge in [0.15, 0.2) is 0 Å². The lowest BCUT2D eigenvalue weighted by atomic mass is 9.96. The van der Waals surface area contributed by atoms with Crippen LogP contribution in [0, 0.1) is 5.92 Å². The highest BCUT2D eigenvalue weighted by molar-refractivity contribution is 5.37. The maximum Gasteiger partial charge on any atom is 0.392 e. The number of ether oxygens (including phenoxy) is 1. The molecule has 1 unspecified atom stereocenters. The molecule has 0 fully saturated rings. The zero-order chi connectivity index (χ0) is 14.7. The fraction of sp³-hybridized carbons (Fsp3) is 0.786. The maximum atomic E-state index is 12.6. The van der Waals surface area contributed by atoms with Crippen molar-refractivity contribution in [2.24, 2.45) is 5.92 Å². The van der Waals surface area contributed by atoms with Gasteiger partial charge in [0.05, 0.1) is 12.0 Å². The Morgan fingerprint density at radius 1 is 1.16 bits per heavy atom. The Bertz CT molecular complexity index is 252. The second-order valence-corrected chi connectivity index (χ2v) is 4.80. The zero-order valence-corrected chi connectivity index (χ0v) is 11.4. The zero-order valence-electron chi connectivity index (χ0n) is 11.4. The lowest BCUT2D eigenvalue weighted by Gasteiger charge is -2.18. The van der Waals surface area contributed by atoms with Crippen molar-refractivity contribution in [1.82, 2.24) is 0 Å². The minimum atomic E-state index is -4.12. The van der Waals surface area contributed by atoms with Crippen LogP contribution < -0.4 is 0 Å². The van der Waals surface area contributed by atoms with Gasteiger partial charge in [-0.15, -0.1) is 6.58 Å². The Morgan fingerprint density at radius 3 is 2.21 bits per heavy atom. The van der Waals surface area contributed by atoms with Crippen molar-refractivity contribution in [2.45, 2.75) is 64.1 Å². The van der Waals surface area contributed by atoms with Crippen LogP contribution in [0.5, 0.6) is 0 Å². The summed E-state index contributed by atoms with van der Waals surface area (Å²) < 4.78 is 42.4. The fourth-order valence-electron chi connectivity index (χ4n) is 1.96. The average Bonchev–Trinajstić information content (AvgIpc) is 2.31. The number of unbranched alkanes of at least 4 members (excludes halogenated alkanes) is 3. The summed E-state index contributed by atoms with van der Waals surface area (Å²) in [6, 6.07) is 0. The van der Waals surface area contributed by atoms with E-state index in [-0.39, 0.29) is 18.9 Å². The van der Waals surface area contributed by atoms with Crippen LogP contribution in [0.3, 0.4) is 0 Å². The number of hydrogen-bond acceptors (Lipinski definition) is 2. The first-order valence-electron chi connectivity index (χ1n) is 6.68. The molecule has 0 amide bonds. The SMILES string of the molecule is C=CCC(CCCCCC[C@@H](C)OC=O)C(F)(F)F. The van der Waals surface area contributed by atoms with Crippen LogP contribution in [0.25, 0.3) is 0 Å². The minimum absolute atomic E-state index is 0.00624. The van der Waals surface area contributed by atoms with E-state index in [2.05, 4.69) is 6.58 Å². The quantitative estimate of drug-likeness (QED) is 0.313. The molecule has 5 heteroatoms. The molecule has 0 bridgehead atoms. The van der Waals surface area contributed by atoms with Crippen molar-refractivity contribution < 1.29 is 22.7 Å². The molecule has 0 spiro atoms. The molecule has 112 valence electrons. The second-order valence-electron chi connectivity index (χ2n) is 4.80. The van der Waals surface area contributed by atoms with Gasteiger partial charge in [0.1, 0.15) is 0 Å². The lowest BCUT2D eigenvalue weighted by molar-refractivity contribution is -0.175. The molecule has 0 aromatic heterocycles. The molecule has 0 aliphatic carbocycles. The molecule has 0 heterocycles. The van der Waals surface area contributed by atoms with E-state index in [4.69, 9.17) is 4.74 Å². The van der Waals surface area contributed by atoms with Crippen molar-refractivity contribution in [3.8, 4) is 0 Å². The highest BCUT2D eigenvalue weighted by Crippen LogP contribution is 2.33. The fourth-order valence-corrected chi connectivity index (χ4v) is 1.96. The van der Waals surface area contributed by atoms with Crippen molar-refractivity contribution in [1.29, 1.82) is 0 Å². The molecule has 2 atom stereocenters. The number of carbonyl (C=O) groups is 1. The van der Waals surface area contributed by atoms with Crippen LogP contribution in [0.2, 0.25) is 0 Å². The molecule has 0 aliphatic rings. The Balaban J connectivity index is 3.66. The van der Waals surface area contributed by atoms with Crippen LogP contribution in [0.4, 0.5) is 13.2 Å². The van der Waals surface area contributed by atoms with Gasteiger partial charge in [0.2, 0.25) is 0 Å². The smallest absolute Gasteiger partial charge is 0.392 e.